The molecule has 0 spiro atoms. The molecule has 1 atom stereocenters. The van der Waals surface area contributed by atoms with Crippen LogP contribution in [0.3, 0.4) is 0 Å². The molecule has 0 saturated carbocycles. The van der Waals surface area contributed by atoms with Crippen molar-refractivity contribution in [2.45, 2.75) is 33.4 Å². The molecular formula is C13H20N4O4. The van der Waals surface area contributed by atoms with Gasteiger partial charge in [0, 0.05) is 32.8 Å². The third-order valence-corrected chi connectivity index (χ3v) is 3.02. The molecule has 1 rings (SSSR count). The van der Waals surface area contributed by atoms with Crippen molar-refractivity contribution in [3.63, 3.8) is 0 Å². The number of hydrogen-bond donors (Lipinski definition) is 2. The fourth-order valence-electron chi connectivity index (χ4n) is 1.77. The summed E-state index contributed by atoms with van der Waals surface area (Å²) in [6, 6.07) is -0.990. The van der Waals surface area contributed by atoms with E-state index in [0.717, 1.165) is 0 Å². The number of aryl methyl sites for hydroxylation is 1. The van der Waals surface area contributed by atoms with Crippen LogP contribution in [0.15, 0.2) is 12.4 Å². The summed E-state index contributed by atoms with van der Waals surface area (Å²) in [6.45, 7) is 5.60. The number of carbonyl (C=O) groups is 3. The van der Waals surface area contributed by atoms with Gasteiger partial charge in [0.1, 0.15) is 6.04 Å². The molecule has 1 aromatic heterocycles. The Morgan fingerprint density at radius 3 is 2.62 bits per heavy atom. The van der Waals surface area contributed by atoms with Crippen molar-refractivity contribution in [3.05, 3.63) is 18.0 Å². The van der Waals surface area contributed by atoms with Crippen molar-refractivity contribution in [2.75, 3.05) is 13.1 Å². The molecule has 8 nitrogen and oxygen atoms in total. The number of rotatable bonds is 7. The summed E-state index contributed by atoms with van der Waals surface area (Å²) in [5.41, 5.74) is 0.327. The lowest BCUT2D eigenvalue weighted by molar-refractivity contribution is -0.141. The molecule has 0 aliphatic rings. The van der Waals surface area contributed by atoms with Gasteiger partial charge in [-0.25, -0.2) is 4.79 Å². The van der Waals surface area contributed by atoms with Gasteiger partial charge in [0.2, 0.25) is 5.91 Å². The van der Waals surface area contributed by atoms with Gasteiger partial charge in [-0.2, -0.15) is 5.10 Å². The first-order chi connectivity index (χ1) is 9.86. The summed E-state index contributed by atoms with van der Waals surface area (Å²) in [5.74, 6) is -1.76. The molecule has 1 heterocycles. The molecule has 1 unspecified atom stereocenters. The summed E-state index contributed by atoms with van der Waals surface area (Å²) >= 11 is 0. The summed E-state index contributed by atoms with van der Waals surface area (Å²) in [6.07, 6.45) is 2.98. The minimum absolute atomic E-state index is 0.114. The first-order valence-corrected chi connectivity index (χ1v) is 6.67. The number of nitrogens with zero attached hydrogens (tertiary/aromatic N) is 3. The normalized spacial score (nSPS) is 11.8. The van der Waals surface area contributed by atoms with Gasteiger partial charge in [0.25, 0.3) is 5.91 Å². The van der Waals surface area contributed by atoms with Gasteiger partial charge in [0.15, 0.2) is 0 Å². The van der Waals surface area contributed by atoms with Crippen molar-refractivity contribution in [3.8, 4) is 0 Å². The second kappa shape index (κ2) is 7.41. The molecule has 1 aromatic rings. The molecule has 2 amide bonds. The van der Waals surface area contributed by atoms with Crippen LogP contribution in [0, 0.1) is 0 Å². The van der Waals surface area contributed by atoms with E-state index >= 15 is 0 Å². The average Bonchev–Trinajstić information content (AvgIpc) is 2.90. The lowest BCUT2D eigenvalue weighted by atomic mass is 10.2. The van der Waals surface area contributed by atoms with Crippen LogP contribution in [0.2, 0.25) is 0 Å². The highest BCUT2D eigenvalue weighted by Crippen LogP contribution is 2.08. The highest BCUT2D eigenvalue weighted by molar-refractivity contribution is 5.96. The van der Waals surface area contributed by atoms with Crippen molar-refractivity contribution in [2.24, 2.45) is 0 Å². The van der Waals surface area contributed by atoms with E-state index in [2.05, 4.69) is 10.4 Å². The molecule has 0 aromatic carbocycles. The quantitative estimate of drug-likeness (QED) is 0.734. The summed E-state index contributed by atoms with van der Waals surface area (Å²) in [4.78, 5) is 35.6. The molecule has 0 saturated heterocycles. The number of carboxylic acid groups (broad SMARTS) is 1. The highest BCUT2D eigenvalue weighted by Gasteiger charge is 2.27. The number of hydrogen-bond acceptors (Lipinski definition) is 4. The molecule has 0 radical (unpaired) electrons. The Kier molecular flexibility index (Phi) is 5.89. The number of carboxylic acids is 1. The Hall–Kier alpha value is -2.38. The molecule has 21 heavy (non-hydrogen) atoms. The van der Waals surface area contributed by atoms with Crippen LogP contribution in [-0.4, -0.2) is 56.7 Å². The molecule has 116 valence electrons. The second-order valence-electron chi connectivity index (χ2n) is 4.58. The Labute approximate surface area is 122 Å². The number of nitrogens with one attached hydrogen (secondary N) is 1. The van der Waals surface area contributed by atoms with Crippen molar-refractivity contribution < 1.29 is 19.5 Å². The van der Waals surface area contributed by atoms with Crippen LogP contribution in [0.1, 0.15) is 31.1 Å². The standard InChI is InChI=1S/C13H20N4O4/c1-4-16-8-11(7-15-16)12(19)17(9(2)13(20)21)6-5-14-10(3)18/h7-9H,4-6H2,1-3H3,(H,14,18)(H,20,21). The molecule has 2 N–H and O–H groups in total. The van der Waals surface area contributed by atoms with E-state index in [1.165, 1.54) is 24.9 Å². The maximum Gasteiger partial charge on any atom is 0.326 e. The van der Waals surface area contributed by atoms with E-state index in [9.17, 15) is 14.4 Å². The zero-order chi connectivity index (χ0) is 16.0. The summed E-state index contributed by atoms with van der Waals surface area (Å²) < 4.78 is 1.59. The van der Waals surface area contributed by atoms with Crippen LogP contribution in [0.4, 0.5) is 0 Å². The van der Waals surface area contributed by atoms with Gasteiger partial charge in [-0.05, 0) is 13.8 Å². The number of aliphatic carboxylic acids is 1. The third kappa shape index (κ3) is 4.59. The Balaban J connectivity index is 2.85. The predicted octanol–water partition coefficient (Wildman–Crippen LogP) is -0.0456. The van der Waals surface area contributed by atoms with E-state index in [4.69, 9.17) is 5.11 Å². The Morgan fingerprint density at radius 2 is 2.14 bits per heavy atom. The van der Waals surface area contributed by atoms with Crippen LogP contribution in [0.25, 0.3) is 0 Å². The Bertz CT molecular complexity index is 526. The first kappa shape index (κ1) is 16.7. The molecule has 0 aliphatic carbocycles. The lowest BCUT2D eigenvalue weighted by Gasteiger charge is -2.26. The zero-order valence-electron chi connectivity index (χ0n) is 12.4. The fourth-order valence-corrected chi connectivity index (χ4v) is 1.77. The largest absolute Gasteiger partial charge is 0.480 e. The maximum atomic E-state index is 12.4. The number of aromatic nitrogens is 2. The van der Waals surface area contributed by atoms with Crippen molar-refractivity contribution in [1.29, 1.82) is 0 Å². The molecule has 0 aliphatic heterocycles. The molecule has 0 fully saturated rings. The van der Waals surface area contributed by atoms with Gasteiger partial charge < -0.3 is 15.3 Å². The minimum atomic E-state index is -1.10. The SMILES string of the molecule is CCn1cc(C(=O)N(CCNC(C)=O)C(C)C(=O)O)cn1. The van der Waals surface area contributed by atoms with Crippen LogP contribution in [-0.2, 0) is 16.1 Å². The van der Waals surface area contributed by atoms with Gasteiger partial charge in [-0.3, -0.25) is 14.3 Å². The van der Waals surface area contributed by atoms with Crippen LogP contribution >= 0.6 is 0 Å². The zero-order valence-corrected chi connectivity index (χ0v) is 12.4. The Morgan fingerprint density at radius 1 is 1.48 bits per heavy atom. The van der Waals surface area contributed by atoms with Gasteiger partial charge in [-0.15, -0.1) is 0 Å². The first-order valence-electron chi connectivity index (χ1n) is 6.67. The third-order valence-electron chi connectivity index (χ3n) is 3.02. The number of amides is 2. The molecule has 0 bridgehead atoms. The average molecular weight is 296 g/mol. The van der Waals surface area contributed by atoms with Gasteiger partial charge in [-0.1, -0.05) is 0 Å². The predicted molar refractivity (Wildman–Crippen MR) is 74.7 cm³/mol. The van der Waals surface area contributed by atoms with E-state index in [1.54, 1.807) is 10.9 Å². The highest BCUT2D eigenvalue weighted by atomic mass is 16.4. The molecule has 8 heteroatoms. The van der Waals surface area contributed by atoms with E-state index in [0.29, 0.717) is 12.1 Å². The van der Waals surface area contributed by atoms with Gasteiger partial charge >= 0.3 is 5.97 Å². The van der Waals surface area contributed by atoms with E-state index < -0.39 is 17.9 Å². The monoisotopic (exact) mass is 296 g/mol. The van der Waals surface area contributed by atoms with E-state index in [1.807, 2.05) is 6.92 Å². The maximum absolute atomic E-state index is 12.4. The van der Waals surface area contributed by atoms with Gasteiger partial charge in [0.05, 0.1) is 11.8 Å². The molecular weight excluding hydrogens is 276 g/mol. The fraction of sp³-hybridized carbons (Fsp3) is 0.538. The smallest absolute Gasteiger partial charge is 0.326 e. The topological polar surface area (TPSA) is 105 Å². The lowest BCUT2D eigenvalue weighted by Crippen LogP contribution is -2.46. The van der Waals surface area contributed by atoms with E-state index in [-0.39, 0.29) is 19.0 Å². The van der Waals surface area contributed by atoms with Crippen molar-refractivity contribution in [1.82, 2.24) is 20.0 Å². The van der Waals surface area contributed by atoms with Crippen LogP contribution < -0.4 is 5.32 Å². The van der Waals surface area contributed by atoms with Crippen LogP contribution in [0.5, 0.6) is 0 Å². The summed E-state index contributed by atoms with van der Waals surface area (Å²) in [7, 11) is 0. The van der Waals surface area contributed by atoms with Crippen molar-refractivity contribution >= 4 is 17.8 Å². The number of carbonyl (C=O) groups excluding carboxylic acids is 2. The minimum Gasteiger partial charge on any atom is -0.480 e. The summed E-state index contributed by atoms with van der Waals surface area (Å²) in [5, 5.41) is 15.7. The second-order valence-corrected chi connectivity index (χ2v) is 4.58.